The Hall–Kier alpha value is -1.55. The molecule has 2 aliphatic heterocycles. The highest BCUT2D eigenvalue weighted by atomic mass is 16.2. The first kappa shape index (κ1) is 13.4. The summed E-state index contributed by atoms with van der Waals surface area (Å²) in [6.07, 6.45) is 1.75. The number of carbonyl (C=O) groups is 1. The molecule has 1 unspecified atom stereocenters. The molecule has 3 rings (SSSR count). The van der Waals surface area contributed by atoms with Crippen LogP contribution in [0.1, 0.15) is 25.3 Å². The number of piperazine rings is 1. The molecule has 4 nitrogen and oxygen atoms in total. The number of hydrogen-bond donors (Lipinski definition) is 1. The van der Waals surface area contributed by atoms with Crippen LogP contribution in [0.3, 0.4) is 0 Å². The van der Waals surface area contributed by atoms with Crippen LogP contribution in [0.25, 0.3) is 0 Å². The minimum Gasteiger partial charge on any atom is -0.367 e. The Balaban J connectivity index is 1.75. The summed E-state index contributed by atoms with van der Waals surface area (Å²) in [5.41, 5.74) is 2.68. The number of nitrogens with zero attached hydrogens (tertiary/aromatic N) is 2. The highest BCUT2D eigenvalue weighted by Gasteiger charge is 2.35. The van der Waals surface area contributed by atoms with E-state index in [0.717, 1.165) is 45.6 Å². The SMILES string of the molecule is CCNCc1ccccc1N1CCN2C(=O)CCC2C1. The van der Waals surface area contributed by atoms with Crippen molar-refractivity contribution in [2.24, 2.45) is 0 Å². The maximum absolute atomic E-state index is 11.8. The van der Waals surface area contributed by atoms with Crippen molar-refractivity contribution < 1.29 is 4.79 Å². The Morgan fingerprint density at radius 2 is 2.15 bits per heavy atom. The van der Waals surface area contributed by atoms with E-state index in [0.29, 0.717) is 11.9 Å². The van der Waals surface area contributed by atoms with Gasteiger partial charge in [0.15, 0.2) is 0 Å². The van der Waals surface area contributed by atoms with Crippen LogP contribution in [0.4, 0.5) is 5.69 Å². The topological polar surface area (TPSA) is 35.6 Å². The molecule has 0 aromatic heterocycles. The Bertz CT molecular complexity index is 488. The van der Waals surface area contributed by atoms with Crippen LogP contribution < -0.4 is 10.2 Å². The molecule has 0 radical (unpaired) electrons. The molecule has 1 amide bonds. The molecule has 2 heterocycles. The number of amides is 1. The summed E-state index contributed by atoms with van der Waals surface area (Å²) in [6.45, 7) is 6.83. The largest absolute Gasteiger partial charge is 0.367 e. The van der Waals surface area contributed by atoms with Gasteiger partial charge in [-0.2, -0.15) is 0 Å². The molecule has 1 aromatic carbocycles. The predicted octanol–water partition coefficient (Wildman–Crippen LogP) is 1.61. The fraction of sp³-hybridized carbons (Fsp3) is 0.562. The molecule has 2 saturated heterocycles. The van der Waals surface area contributed by atoms with E-state index in [1.54, 1.807) is 0 Å². The average molecular weight is 273 g/mol. The third kappa shape index (κ3) is 2.52. The van der Waals surface area contributed by atoms with Crippen molar-refractivity contribution in [3.05, 3.63) is 29.8 Å². The number of nitrogens with one attached hydrogen (secondary N) is 1. The molecule has 0 saturated carbocycles. The fourth-order valence-corrected chi connectivity index (χ4v) is 3.31. The normalized spacial score (nSPS) is 22.2. The summed E-state index contributed by atoms with van der Waals surface area (Å²) in [6, 6.07) is 9.04. The summed E-state index contributed by atoms with van der Waals surface area (Å²) < 4.78 is 0. The van der Waals surface area contributed by atoms with Crippen LogP contribution >= 0.6 is 0 Å². The zero-order valence-corrected chi connectivity index (χ0v) is 12.1. The molecule has 2 fully saturated rings. The number of benzene rings is 1. The molecule has 108 valence electrons. The first-order chi connectivity index (χ1) is 9.79. The van der Waals surface area contributed by atoms with E-state index in [2.05, 4.69) is 46.3 Å². The highest BCUT2D eigenvalue weighted by molar-refractivity contribution is 5.79. The van der Waals surface area contributed by atoms with Crippen molar-refractivity contribution in [2.75, 3.05) is 31.1 Å². The highest BCUT2D eigenvalue weighted by Crippen LogP contribution is 2.28. The third-order valence-electron chi connectivity index (χ3n) is 4.39. The van der Waals surface area contributed by atoms with Crippen LogP contribution in [0.5, 0.6) is 0 Å². The van der Waals surface area contributed by atoms with E-state index in [-0.39, 0.29) is 0 Å². The molecule has 0 spiro atoms. The number of carbonyl (C=O) groups excluding carboxylic acids is 1. The van der Waals surface area contributed by atoms with Gasteiger partial charge in [-0.15, -0.1) is 0 Å². The van der Waals surface area contributed by atoms with Crippen molar-refractivity contribution in [3.63, 3.8) is 0 Å². The summed E-state index contributed by atoms with van der Waals surface area (Å²) in [5.74, 6) is 0.343. The molecule has 1 aromatic rings. The Morgan fingerprint density at radius 3 is 3.00 bits per heavy atom. The third-order valence-corrected chi connectivity index (χ3v) is 4.39. The molecule has 20 heavy (non-hydrogen) atoms. The molecule has 4 heteroatoms. The van der Waals surface area contributed by atoms with Crippen molar-refractivity contribution in [1.82, 2.24) is 10.2 Å². The minimum atomic E-state index is 0.343. The molecule has 0 aliphatic carbocycles. The summed E-state index contributed by atoms with van der Waals surface area (Å²) >= 11 is 0. The lowest BCUT2D eigenvalue weighted by Gasteiger charge is -2.39. The molecule has 1 N–H and O–H groups in total. The maximum Gasteiger partial charge on any atom is 0.223 e. The van der Waals surface area contributed by atoms with Crippen LogP contribution in [-0.2, 0) is 11.3 Å². The predicted molar refractivity (Wildman–Crippen MR) is 80.8 cm³/mol. The average Bonchev–Trinajstić information content (AvgIpc) is 2.86. The molecule has 1 atom stereocenters. The minimum absolute atomic E-state index is 0.343. The van der Waals surface area contributed by atoms with Crippen molar-refractivity contribution >= 4 is 11.6 Å². The maximum atomic E-state index is 11.8. The van der Waals surface area contributed by atoms with Crippen LogP contribution in [-0.4, -0.2) is 43.0 Å². The zero-order chi connectivity index (χ0) is 13.9. The molecule has 2 aliphatic rings. The van der Waals surface area contributed by atoms with E-state index < -0.39 is 0 Å². The van der Waals surface area contributed by atoms with Crippen LogP contribution in [0.2, 0.25) is 0 Å². The number of fused-ring (bicyclic) bond motifs is 1. The van der Waals surface area contributed by atoms with Gasteiger partial charge in [0.25, 0.3) is 0 Å². The lowest BCUT2D eigenvalue weighted by Crippen LogP contribution is -2.51. The van der Waals surface area contributed by atoms with E-state index in [9.17, 15) is 4.79 Å². The van der Waals surface area contributed by atoms with Gasteiger partial charge in [0, 0.05) is 44.3 Å². The van der Waals surface area contributed by atoms with Gasteiger partial charge in [0.2, 0.25) is 5.91 Å². The molecular weight excluding hydrogens is 250 g/mol. The lowest BCUT2D eigenvalue weighted by molar-refractivity contribution is -0.129. The number of para-hydroxylation sites is 1. The summed E-state index contributed by atoms with van der Waals surface area (Å²) in [4.78, 5) is 16.3. The standard InChI is InChI=1S/C16H23N3O/c1-2-17-11-13-5-3-4-6-15(13)18-9-10-19-14(12-18)7-8-16(19)20/h3-6,14,17H,2,7-12H2,1H3. The lowest BCUT2D eigenvalue weighted by atomic mass is 10.1. The van der Waals surface area contributed by atoms with Gasteiger partial charge in [-0.1, -0.05) is 25.1 Å². The van der Waals surface area contributed by atoms with Gasteiger partial charge in [0.05, 0.1) is 0 Å². The van der Waals surface area contributed by atoms with E-state index >= 15 is 0 Å². The Kier molecular flexibility index (Phi) is 3.92. The van der Waals surface area contributed by atoms with Crippen LogP contribution in [0, 0.1) is 0 Å². The van der Waals surface area contributed by atoms with Gasteiger partial charge >= 0.3 is 0 Å². The molecular formula is C16H23N3O. The smallest absolute Gasteiger partial charge is 0.223 e. The summed E-state index contributed by atoms with van der Waals surface area (Å²) in [5, 5.41) is 3.41. The summed E-state index contributed by atoms with van der Waals surface area (Å²) in [7, 11) is 0. The van der Waals surface area contributed by atoms with Crippen LogP contribution in [0.15, 0.2) is 24.3 Å². The zero-order valence-electron chi connectivity index (χ0n) is 12.1. The van der Waals surface area contributed by atoms with E-state index in [4.69, 9.17) is 0 Å². The van der Waals surface area contributed by atoms with Crippen molar-refractivity contribution in [2.45, 2.75) is 32.4 Å². The number of anilines is 1. The second-order valence-electron chi connectivity index (χ2n) is 5.63. The quantitative estimate of drug-likeness (QED) is 0.905. The Morgan fingerprint density at radius 1 is 1.30 bits per heavy atom. The van der Waals surface area contributed by atoms with Gasteiger partial charge in [-0.25, -0.2) is 0 Å². The monoisotopic (exact) mass is 273 g/mol. The van der Waals surface area contributed by atoms with Gasteiger partial charge in [-0.3, -0.25) is 4.79 Å². The van der Waals surface area contributed by atoms with Gasteiger partial charge in [-0.05, 0) is 24.6 Å². The van der Waals surface area contributed by atoms with Crippen molar-refractivity contribution in [1.29, 1.82) is 0 Å². The second-order valence-corrected chi connectivity index (χ2v) is 5.63. The first-order valence-electron chi connectivity index (χ1n) is 7.62. The number of hydrogen-bond acceptors (Lipinski definition) is 3. The Labute approximate surface area is 120 Å². The van der Waals surface area contributed by atoms with Gasteiger partial charge in [0.1, 0.15) is 0 Å². The van der Waals surface area contributed by atoms with E-state index in [1.165, 1.54) is 11.3 Å². The number of rotatable bonds is 4. The van der Waals surface area contributed by atoms with Crippen molar-refractivity contribution in [3.8, 4) is 0 Å². The fourth-order valence-electron chi connectivity index (χ4n) is 3.31. The second kappa shape index (κ2) is 5.83. The molecule has 0 bridgehead atoms. The van der Waals surface area contributed by atoms with Gasteiger partial charge < -0.3 is 15.1 Å². The van der Waals surface area contributed by atoms with E-state index in [1.807, 2.05) is 0 Å². The first-order valence-corrected chi connectivity index (χ1v) is 7.62.